The summed E-state index contributed by atoms with van der Waals surface area (Å²) < 4.78 is 5.76. The van der Waals surface area contributed by atoms with E-state index in [4.69, 9.17) is 4.74 Å². The van der Waals surface area contributed by atoms with Crippen LogP contribution in [0.4, 0.5) is 0 Å². The lowest BCUT2D eigenvalue weighted by atomic mass is 10.1. The Labute approximate surface area is 108 Å². The largest absolute Gasteiger partial charge is 0.421 e. The van der Waals surface area contributed by atoms with Crippen LogP contribution in [0.2, 0.25) is 0 Å². The van der Waals surface area contributed by atoms with Crippen molar-refractivity contribution in [3.8, 4) is 0 Å². The van der Waals surface area contributed by atoms with Gasteiger partial charge in [0.05, 0.1) is 10.1 Å². The number of rotatable bonds is 3. The van der Waals surface area contributed by atoms with Gasteiger partial charge in [-0.25, -0.2) is 4.79 Å². The first kappa shape index (κ1) is 12.5. The molecule has 14 heavy (non-hydrogen) atoms. The molecule has 2 nitrogen and oxygen atoms in total. The van der Waals surface area contributed by atoms with Crippen molar-refractivity contribution in [3.63, 3.8) is 0 Å². The maximum atomic E-state index is 11.5. The Balaban J connectivity index is 2.95. The average molecular weight is 389 g/mol. The number of carbonyl (C=O) groups is 1. The summed E-state index contributed by atoms with van der Waals surface area (Å²) in [5.74, 6) is 0.253. The first-order valence-electron chi connectivity index (χ1n) is 4.18. The first-order valence-corrected chi connectivity index (χ1v) is 6.80. The highest BCUT2D eigenvalue weighted by atomic mass is 79.9. The van der Waals surface area contributed by atoms with Crippen molar-refractivity contribution in [2.45, 2.75) is 24.6 Å². The van der Waals surface area contributed by atoms with E-state index in [-0.39, 0.29) is 10.8 Å². The molecule has 1 unspecified atom stereocenters. The molecular formula is C9H9Br3O2. The van der Waals surface area contributed by atoms with Crippen molar-refractivity contribution in [3.05, 3.63) is 20.8 Å². The van der Waals surface area contributed by atoms with Gasteiger partial charge in [0.2, 0.25) is 0 Å². The summed E-state index contributed by atoms with van der Waals surface area (Å²) in [6.07, 6.45) is 1.93. The van der Waals surface area contributed by atoms with E-state index in [0.717, 1.165) is 17.3 Å². The van der Waals surface area contributed by atoms with E-state index in [1.54, 1.807) is 4.99 Å². The summed E-state index contributed by atoms with van der Waals surface area (Å²) in [7, 11) is 0. The van der Waals surface area contributed by atoms with Gasteiger partial charge in [-0.15, -0.1) is 0 Å². The van der Waals surface area contributed by atoms with E-state index in [2.05, 4.69) is 54.7 Å². The summed E-state index contributed by atoms with van der Waals surface area (Å²) in [6.45, 7) is 2.07. The SMILES string of the molecule is CCCC(Br)C1=C(Br)/C(=C\Br)OC1=O. The summed E-state index contributed by atoms with van der Waals surface area (Å²) in [4.78, 5) is 13.1. The fourth-order valence-electron chi connectivity index (χ4n) is 1.16. The van der Waals surface area contributed by atoms with E-state index in [9.17, 15) is 4.79 Å². The molecule has 0 bridgehead atoms. The third-order valence-electron chi connectivity index (χ3n) is 1.83. The highest BCUT2D eigenvalue weighted by Gasteiger charge is 2.32. The van der Waals surface area contributed by atoms with Gasteiger partial charge in [0.25, 0.3) is 0 Å². The summed E-state index contributed by atoms with van der Waals surface area (Å²) >= 11 is 9.96. The Kier molecular flexibility index (Phi) is 4.87. The molecule has 1 atom stereocenters. The molecule has 0 aliphatic carbocycles. The van der Waals surface area contributed by atoms with Gasteiger partial charge < -0.3 is 4.74 Å². The number of esters is 1. The minimum Gasteiger partial charge on any atom is -0.421 e. The van der Waals surface area contributed by atoms with Gasteiger partial charge in [-0.3, -0.25) is 0 Å². The molecule has 0 aromatic heterocycles. The molecule has 1 aliphatic heterocycles. The third-order valence-corrected chi connectivity index (χ3v) is 3.98. The third kappa shape index (κ3) is 2.49. The van der Waals surface area contributed by atoms with Crippen LogP contribution in [-0.4, -0.2) is 10.8 Å². The van der Waals surface area contributed by atoms with Gasteiger partial charge >= 0.3 is 5.97 Å². The number of allylic oxidation sites excluding steroid dienone is 1. The molecule has 0 aromatic rings. The van der Waals surface area contributed by atoms with Crippen molar-refractivity contribution in [2.24, 2.45) is 0 Å². The second-order valence-corrected chi connectivity index (χ2v) is 5.20. The second-order valence-electron chi connectivity index (χ2n) is 2.85. The topological polar surface area (TPSA) is 26.3 Å². The second kappa shape index (κ2) is 5.47. The Morgan fingerprint density at radius 1 is 1.57 bits per heavy atom. The molecular weight excluding hydrogens is 380 g/mol. The number of carbonyl (C=O) groups excluding carboxylic acids is 1. The van der Waals surface area contributed by atoms with Crippen LogP contribution in [-0.2, 0) is 9.53 Å². The van der Waals surface area contributed by atoms with Crippen LogP contribution in [0.1, 0.15) is 19.8 Å². The number of hydrogen-bond donors (Lipinski definition) is 0. The van der Waals surface area contributed by atoms with Crippen molar-refractivity contribution in [2.75, 3.05) is 0 Å². The van der Waals surface area contributed by atoms with E-state index in [1.807, 2.05) is 0 Å². The maximum Gasteiger partial charge on any atom is 0.341 e. The molecule has 5 heteroatoms. The zero-order valence-electron chi connectivity index (χ0n) is 7.52. The maximum absolute atomic E-state index is 11.5. The van der Waals surface area contributed by atoms with Crippen LogP contribution >= 0.6 is 47.8 Å². The minimum absolute atomic E-state index is 0.0549. The van der Waals surface area contributed by atoms with Gasteiger partial charge in [0.15, 0.2) is 5.76 Å². The predicted octanol–water partition coefficient (Wildman–Crippen LogP) is 3.99. The lowest BCUT2D eigenvalue weighted by Crippen LogP contribution is -2.10. The van der Waals surface area contributed by atoms with E-state index < -0.39 is 0 Å². The van der Waals surface area contributed by atoms with Gasteiger partial charge in [-0.05, 0) is 22.4 Å². The van der Waals surface area contributed by atoms with Crippen LogP contribution in [0, 0.1) is 0 Å². The van der Waals surface area contributed by atoms with Crippen molar-refractivity contribution in [1.82, 2.24) is 0 Å². The number of cyclic esters (lactones) is 1. The molecule has 0 saturated heterocycles. The van der Waals surface area contributed by atoms with Crippen molar-refractivity contribution in [1.29, 1.82) is 0 Å². The zero-order valence-corrected chi connectivity index (χ0v) is 12.3. The quantitative estimate of drug-likeness (QED) is 0.539. The number of alkyl halides is 1. The van der Waals surface area contributed by atoms with Crippen LogP contribution in [0.5, 0.6) is 0 Å². The molecule has 1 heterocycles. The number of halogens is 3. The summed E-state index contributed by atoms with van der Waals surface area (Å²) in [6, 6.07) is 0. The van der Waals surface area contributed by atoms with E-state index in [0.29, 0.717) is 11.3 Å². The average Bonchev–Trinajstić information content (AvgIpc) is 2.41. The number of ether oxygens (including phenoxy) is 1. The van der Waals surface area contributed by atoms with Gasteiger partial charge in [-0.2, -0.15) is 0 Å². The van der Waals surface area contributed by atoms with Gasteiger partial charge in [0, 0.05) is 9.81 Å². The van der Waals surface area contributed by atoms with E-state index >= 15 is 0 Å². The van der Waals surface area contributed by atoms with Gasteiger partial charge in [-0.1, -0.05) is 45.2 Å². The Hall–Kier alpha value is 0.390. The molecule has 78 valence electrons. The monoisotopic (exact) mass is 386 g/mol. The Morgan fingerprint density at radius 3 is 2.64 bits per heavy atom. The molecule has 0 N–H and O–H groups in total. The summed E-state index contributed by atoms with van der Waals surface area (Å²) in [5.41, 5.74) is 0.664. The van der Waals surface area contributed by atoms with Crippen LogP contribution in [0.15, 0.2) is 20.8 Å². The van der Waals surface area contributed by atoms with E-state index in [1.165, 1.54) is 0 Å². The molecule has 0 fully saturated rings. The van der Waals surface area contributed by atoms with Crippen molar-refractivity contribution < 1.29 is 9.53 Å². The highest BCUT2D eigenvalue weighted by Crippen LogP contribution is 2.36. The Bertz CT molecular complexity index is 307. The highest BCUT2D eigenvalue weighted by molar-refractivity contribution is 9.12. The lowest BCUT2D eigenvalue weighted by molar-refractivity contribution is -0.133. The standard InChI is InChI=1S/C9H9Br3O2/c1-2-3-5(11)7-8(12)6(4-10)14-9(7)13/h4-5H,2-3H2,1H3/b6-4+. The fraction of sp³-hybridized carbons (Fsp3) is 0.444. The molecule has 0 amide bonds. The van der Waals surface area contributed by atoms with Crippen LogP contribution < -0.4 is 0 Å². The van der Waals surface area contributed by atoms with Crippen molar-refractivity contribution >= 4 is 53.8 Å². The Morgan fingerprint density at radius 2 is 2.21 bits per heavy atom. The fourth-order valence-corrected chi connectivity index (χ4v) is 3.60. The predicted molar refractivity (Wildman–Crippen MR) is 66.7 cm³/mol. The first-order chi connectivity index (χ1) is 6.61. The zero-order chi connectivity index (χ0) is 10.7. The normalized spacial score (nSPS) is 21.7. The molecule has 0 saturated carbocycles. The molecule has 0 radical (unpaired) electrons. The molecule has 0 aromatic carbocycles. The summed E-state index contributed by atoms with van der Waals surface area (Å²) in [5, 5.41) is 0. The smallest absolute Gasteiger partial charge is 0.341 e. The van der Waals surface area contributed by atoms with Crippen LogP contribution in [0.25, 0.3) is 0 Å². The molecule has 1 aliphatic rings. The lowest BCUT2D eigenvalue weighted by Gasteiger charge is -2.06. The minimum atomic E-state index is -0.280. The number of hydrogen-bond acceptors (Lipinski definition) is 2. The van der Waals surface area contributed by atoms with Gasteiger partial charge in [0.1, 0.15) is 0 Å². The van der Waals surface area contributed by atoms with Crippen LogP contribution in [0.3, 0.4) is 0 Å². The molecule has 0 spiro atoms. The molecule has 1 rings (SSSR count).